The van der Waals surface area contributed by atoms with Gasteiger partial charge in [0.2, 0.25) is 5.82 Å². The quantitative estimate of drug-likeness (QED) is 0.910. The van der Waals surface area contributed by atoms with Crippen molar-refractivity contribution in [2.45, 2.75) is 25.3 Å². The predicted molar refractivity (Wildman–Crippen MR) is 78.7 cm³/mol. The Balaban J connectivity index is 1.88. The van der Waals surface area contributed by atoms with Crippen LogP contribution in [-0.4, -0.2) is 50.0 Å². The summed E-state index contributed by atoms with van der Waals surface area (Å²) in [5.41, 5.74) is 0.980. The second-order valence-electron chi connectivity index (χ2n) is 5.72. The lowest BCUT2D eigenvalue weighted by atomic mass is 9.86. The van der Waals surface area contributed by atoms with Gasteiger partial charge in [0, 0.05) is 13.1 Å². The summed E-state index contributed by atoms with van der Waals surface area (Å²) in [5, 5.41) is 20.4. The van der Waals surface area contributed by atoms with E-state index in [4.69, 9.17) is 0 Å². The van der Waals surface area contributed by atoms with Crippen molar-refractivity contribution >= 4 is 0 Å². The lowest BCUT2D eigenvalue weighted by molar-refractivity contribution is 0.0628. The largest absolute Gasteiger partial charge is 0.381 e. The van der Waals surface area contributed by atoms with Gasteiger partial charge in [-0.05, 0) is 29.5 Å². The number of rotatable bonds is 5. The van der Waals surface area contributed by atoms with Gasteiger partial charge in [-0.2, -0.15) is 4.80 Å². The van der Waals surface area contributed by atoms with Gasteiger partial charge in [-0.25, -0.2) is 8.78 Å². The lowest BCUT2D eigenvalue weighted by Crippen LogP contribution is -2.38. The van der Waals surface area contributed by atoms with Gasteiger partial charge in [0.1, 0.15) is 6.04 Å². The minimum Gasteiger partial charge on any atom is -0.381 e. The first-order valence-electron chi connectivity index (χ1n) is 7.64. The third-order valence-corrected chi connectivity index (χ3v) is 4.31. The van der Waals surface area contributed by atoms with Crippen LogP contribution in [0.25, 0.3) is 0 Å². The van der Waals surface area contributed by atoms with Gasteiger partial charge in [0.25, 0.3) is 0 Å². The summed E-state index contributed by atoms with van der Waals surface area (Å²) in [5.74, 6) is -0.335. The molecule has 2 aromatic rings. The molecule has 8 heteroatoms. The van der Waals surface area contributed by atoms with E-state index in [1.807, 2.05) is 35.2 Å². The standard InChI is InChI=1S/C15H19F2N5O/c16-14(17)15-18-20-22(19-15)13(11-4-2-1-3-5-11)12-6-8-21(10-23)9-7-12/h1-5,12-14,23H,6-10H2. The number of halogens is 2. The van der Waals surface area contributed by atoms with Crippen LogP contribution in [0.3, 0.4) is 0 Å². The molecule has 3 rings (SSSR count). The van der Waals surface area contributed by atoms with Crippen LogP contribution in [0.15, 0.2) is 30.3 Å². The molecule has 1 saturated heterocycles. The fourth-order valence-electron chi connectivity index (χ4n) is 3.10. The van der Waals surface area contributed by atoms with Crippen molar-refractivity contribution in [3.8, 4) is 0 Å². The van der Waals surface area contributed by atoms with Gasteiger partial charge in [-0.1, -0.05) is 30.3 Å². The Bertz CT molecular complexity index is 613. The normalized spacial score (nSPS) is 18.4. The third kappa shape index (κ3) is 3.53. The number of alkyl halides is 2. The fraction of sp³-hybridized carbons (Fsp3) is 0.533. The van der Waals surface area contributed by atoms with Crippen molar-refractivity contribution in [1.29, 1.82) is 0 Å². The third-order valence-electron chi connectivity index (χ3n) is 4.31. The molecule has 1 aromatic carbocycles. The molecule has 1 aromatic heterocycles. The van der Waals surface area contributed by atoms with E-state index in [0.717, 1.165) is 31.5 Å². The van der Waals surface area contributed by atoms with E-state index in [-0.39, 0.29) is 18.7 Å². The monoisotopic (exact) mass is 323 g/mol. The minimum atomic E-state index is -2.73. The van der Waals surface area contributed by atoms with E-state index in [0.29, 0.717) is 0 Å². The summed E-state index contributed by atoms with van der Waals surface area (Å²) in [7, 11) is 0. The van der Waals surface area contributed by atoms with Crippen molar-refractivity contribution in [2.24, 2.45) is 5.92 Å². The Hall–Kier alpha value is -1.93. The Kier molecular flexibility index (Phi) is 4.92. The minimum absolute atomic E-state index is 0.0415. The van der Waals surface area contributed by atoms with Crippen LogP contribution in [0.4, 0.5) is 8.78 Å². The molecule has 0 spiro atoms. The summed E-state index contributed by atoms with van der Waals surface area (Å²) in [6.45, 7) is 1.57. The number of nitrogens with zero attached hydrogens (tertiary/aromatic N) is 5. The molecule has 1 unspecified atom stereocenters. The zero-order valence-corrected chi connectivity index (χ0v) is 12.6. The molecule has 0 aliphatic carbocycles. The topological polar surface area (TPSA) is 67.1 Å². The van der Waals surface area contributed by atoms with Crippen LogP contribution in [0.2, 0.25) is 0 Å². The fourth-order valence-corrected chi connectivity index (χ4v) is 3.10. The second-order valence-corrected chi connectivity index (χ2v) is 5.72. The molecule has 1 N–H and O–H groups in total. The lowest BCUT2D eigenvalue weighted by Gasteiger charge is -2.34. The van der Waals surface area contributed by atoms with Gasteiger partial charge in [0.05, 0.1) is 6.73 Å². The Morgan fingerprint density at radius 1 is 1.17 bits per heavy atom. The number of aromatic nitrogens is 4. The van der Waals surface area contributed by atoms with Gasteiger partial charge in [-0.3, -0.25) is 4.90 Å². The maximum Gasteiger partial charge on any atom is 0.301 e. The predicted octanol–water partition coefficient (Wildman–Crippen LogP) is 1.86. The van der Waals surface area contributed by atoms with Crippen LogP contribution < -0.4 is 0 Å². The van der Waals surface area contributed by atoms with Crippen LogP contribution >= 0.6 is 0 Å². The molecule has 23 heavy (non-hydrogen) atoms. The number of benzene rings is 1. The van der Waals surface area contributed by atoms with Crippen molar-refractivity contribution in [2.75, 3.05) is 19.8 Å². The maximum absolute atomic E-state index is 12.8. The summed E-state index contributed by atoms with van der Waals surface area (Å²) >= 11 is 0. The Labute approximate surface area is 132 Å². The summed E-state index contributed by atoms with van der Waals surface area (Å²) in [6.07, 6.45) is -1.05. The maximum atomic E-state index is 12.8. The number of tetrazole rings is 1. The Morgan fingerprint density at radius 3 is 2.43 bits per heavy atom. The van der Waals surface area contributed by atoms with Crippen molar-refractivity contribution in [1.82, 2.24) is 25.1 Å². The molecule has 0 amide bonds. The molecule has 124 valence electrons. The van der Waals surface area contributed by atoms with Crippen molar-refractivity contribution in [3.63, 3.8) is 0 Å². The number of aliphatic hydroxyl groups excluding tert-OH is 1. The number of piperidine rings is 1. The number of hydrogen-bond acceptors (Lipinski definition) is 5. The first kappa shape index (κ1) is 15.9. The van der Waals surface area contributed by atoms with E-state index >= 15 is 0 Å². The summed E-state index contributed by atoms with van der Waals surface area (Å²) in [6, 6.07) is 9.42. The molecule has 6 nitrogen and oxygen atoms in total. The molecule has 0 radical (unpaired) electrons. The average molecular weight is 323 g/mol. The Morgan fingerprint density at radius 2 is 1.87 bits per heavy atom. The summed E-state index contributed by atoms with van der Waals surface area (Å²) in [4.78, 5) is 3.27. The highest BCUT2D eigenvalue weighted by Gasteiger charge is 2.31. The van der Waals surface area contributed by atoms with E-state index in [1.54, 1.807) is 0 Å². The average Bonchev–Trinajstić information content (AvgIpc) is 3.07. The highest BCUT2D eigenvalue weighted by atomic mass is 19.3. The first-order chi connectivity index (χ1) is 11.2. The molecule has 1 aliphatic rings. The van der Waals surface area contributed by atoms with E-state index in [2.05, 4.69) is 15.4 Å². The second kappa shape index (κ2) is 7.10. The van der Waals surface area contributed by atoms with Crippen molar-refractivity contribution in [3.05, 3.63) is 41.7 Å². The number of likely N-dealkylation sites (tertiary alicyclic amines) is 1. The zero-order chi connectivity index (χ0) is 16.2. The van der Waals surface area contributed by atoms with E-state index < -0.39 is 12.2 Å². The molecule has 2 heterocycles. The highest BCUT2D eigenvalue weighted by Crippen LogP contribution is 2.33. The van der Waals surface area contributed by atoms with Gasteiger partial charge < -0.3 is 5.11 Å². The van der Waals surface area contributed by atoms with Gasteiger partial charge in [0.15, 0.2) is 0 Å². The molecular weight excluding hydrogens is 304 g/mol. The molecule has 0 bridgehead atoms. The van der Waals surface area contributed by atoms with Crippen LogP contribution in [0.1, 0.15) is 36.7 Å². The highest BCUT2D eigenvalue weighted by molar-refractivity contribution is 5.20. The number of aliphatic hydroxyl groups is 1. The SMILES string of the molecule is OCN1CCC(C(c2ccccc2)n2nnc(C(F)F)n2)CC1. The smallest absolute Gasteiger partial charge is 0.301 e. The van der Waals surface area contributed by atoms with Crippen molar-refractivity contribution < 1.29 is 13.9 Å². The van der Waals surface area contributed by atoms with E-state index in [1.165, 1.54) is 4.80 Å². The van der Waals surface area contributed by atoms with Crippen LogP contribution in [0, 0.1) is 5.92 Å². The molecule has 1 fully saturated rings. The van der Waals surface area contributed by atoms with Gasteiger partial charge in [-0.15, -0.1) is 10.2 Å². The summed E-state index contributed by atoms with van der Waals surface area (Å²) < 4.78 is 25.5. The molecular formula is C15H19F2N5O. The number of hydrogen-bond donors (Lipinski definition) is 1. The van der Waals surface area contributed by atoms with Crippen LogP contribution in [-0.2, 0) is 0 Å². The zero-order valence-electron chi connectivity index (χ0n) is 12.6. The van der Waals surface area contributed by atoms with E-state index in [9.17, 15) is 13.9 Å². The molecule has 1 aliphatic heterocycles. The van der Waals surface area contributed by atoms with Gasteiger partial charge >= 0.3 is 6.43 Å². The molecule has 1 atom stereocenters. The molecule has 0 saturated carbocycles. The first-order valence-corrected chi connectivity index (χ1v) is 7.64. The van der Waals surface area contributed by atoms with Crippen LogP contribution in [0.5, 0.6) is 0 Å².